The van der Waals surface area contributed by atoms with E-state index >= 15 is 0 Å². The first kappa shape index (κ1) is 9.99. The van der Waals surface area contributed by atoms with Crippen LogP contribution in [0.1, 0.15) is 10.4 Å². The Morgan fingerprint density at radius 1 is 1.62 bits per heavy atom. The molecule has 0 saturated carbocycles. The van der Waals surface area contributed by atoms with Crippen molar-refractivity contribution in [3.8, 4) is 5.75 Å². The van der Waals surface area contributed by atoms with Gasteiger partial charge in [0.2, 0.25) is 0 Å². The molecule has 0 heterocycles. The van der Waals surface area contributed by atoms with Gasteiger partial charge in [0.25, 0.3) is 0 Å². The maximum atomic E-state index is 11.3. The van der Waals surface area contributed by atoms with Gasteiger partial charge in [-0.1, -0.05) is 22.5 Å². The Labute approximate surface area is 85.3 Å². The Morgan fingerprint density at radius 3 is 2.85 bits per heavy atom. The molecule has 0 saturated heterocycles. The van der Waals surface area contributed by atoms with Crippen molar-refractivity contribution in [1.29, 1.82) is 0 Å². The van der Waals surface area contributed by atoms with Gasteiger partial charge in [0, 0.05) is 4.47 Å². The molecule has 0 radical (unpaired) electrons. The highest BCUT2D eigenvalue weighted by molar-refractivity contribution is 9.10. The molecule has 13 heavy (non-hydrogen) atoms. The van der Waals surface area contributed by atoms with Crippen molar-refractivity contribution >= 4 is 21.7 Å². The largest absolute Gasteiger partial charge is 0.496 e. The second kappa shape index (κ2) is 4.23. The van der Waals surface area contributed by atoms with Crippen molar-refractivity contribution in [2.24, 2.45) is 0 Å². The molecule has 0 aromatic heterocycles. The summed E-state index contributed by atoms with van der Waals surface area (Å²) in [6.45, 7) is 3.42. The number of ketones is 1. The number of halogens is 1. The molecule has 68 valence electrons. The van der Waals surface area contributed by atoms with Crippen LogP contribution in [0.5, 0.6) is 5.75 Å². The van der Waals surface area contributed by atoms with E-state index in [1.54, 1.807) is 12.1 Å². The second-order valence-corrected chi connectivity index (χ2v) is 3.33. The minimum Gasteiger partial charge on any atom is -0.496 e. The lowest BCUT2D eigenvalue weighted by molar-refractivity contribution is 0.104. The van der Waals surface area contributed by atoms with Crippen molar-refractivity contribution in [3.63, 3.8) is 0 Å². The topological polar surface area (TPSA) is 26.3 Å². The molecular weight excluding hydrogens is 232 g/mol. The van der Waals surface area contributed by atoms with Crippen molar-refractivity contribution in [2.45, 2.75) is 0 Å². The minimum atomic E-state index is -0.141. The van der Waals surface area contributed by atoms with Gasteiger partial charge in [-0.2, -0.15) is 0 Å². The van der Waals surface area contributed by atoms with Crippen LogP contribution in [-0.2, 0) is 0 Å². The van der Waals surface area contributed by atoms with Crippen LogP contribution in [0.4, 0.5) is 0 Å². The summed E-state index contributed by atoms with van der Waals surface area (Å²) in [5, 5.41) is 0. The molecule has 2 nitrogen and oxygen atoms in total. The van der Waals surface area contributed by atoms with Gasteiger partial charge in [0.15, 0.2) is 5.78 Å². The van der Waals surface area contributed by atoms with Gasteiger partial charge in [-0.05, 0) is 24.3 Å². The zero-order chi connectivity index (χ0) is 9.84. The molecule has 3 heteroatoms. The first-order chi connectivity index (χ1) is 6.19. The summed E-state index contributed by atoms with van der Waals surface area (Å²) in [6, 6.07) is 5.27. The maximum absolute atomic E-state index is 11.3. The zero-order valence-corrected chi connectivity index (χ0v) is 8.80. The summed E-state index contributed by atoms with van der Waals surface area (Å²) in [6.07, 6.45) is 1.27. The second-order valence-electron chi connectivity index (χ2n) is 2.41. The minimum absolute atomic E-state index is 0.141. The third kappa shape index (κ3) is 2.18. The fourth-order valence-electron chi connectivity index (χ4n) is 0.983. The summed E-state index contributed by atoms with van der Waals surface area (Å²) < 4.78 is 5.88. The molecule has 0 aliphatic heterocycles. The number of rotatable bonds is 3. The van der Waals surface area contributed by atoms with E-state index in [4.69, 9.17) is 4.74 Å². The number of allylic oxidation sites excluding steroid dienone is 1. The average Bonchev–Trinajstić information content (AvgIpc) is 2.16. The quantitative estimate of drug-likeness (QED) is 0.600. The van der Waals surface area contributed by atoms with Crippen molar-refractivity contribution in [2.75, 3.05) is 7.11 Å². The molecule has 1 aromatic carbocycles. The van der Waals surface area contributed by atoms with Crippen LogP contribution in [0.15, 0.2) is 35.3 Å². The molecule has 0 N–H and O–H groups in total. The van der Waals surface area contributed by atoms with E-state index in [1.165, 1.54) is 13.2 Å². The van der Waals surface area contributed by atoms with Crippen molar-refractivity contribution in [3.05, 3.63) is 40.9 Å². The lowest BCUT2D eigenvalue weighted by atomic mass is 10.1. The predicted molar refractivity (Wildman–Crippen MR) is 55.2 cm³/mol. The van der Waals surface area contributed by atoms with E-state index in [2.05, 4.69) is 22.5 Å². The molecule has 0 atom stereocenters. The first-order valence-corrected chi connectivity index (χ1v) is 4.48. The van der Waals surface area contributed by atoms with Gasteiger partial charge in [-0.25, -0.2) is 0 Å². The molecule has 0 bridgehead atoms. The van der Waals surface area contributed by atoms with Gasteiger partial charge in [-0.15, -0.1) is 0 Å². The van der Waals surface area contributed by atoms with E-state index in [9.17, 15) is 4.79 Å². The molecule has 0 aliphatic carbocycles. The molecular formula is C10H9BrO2. The molecule has 0 amide bonds. The molecule has 0 aliphatic rings. The third-order valence-corrected chi connectivity index (χ3v) is 2.11. The molecule has 1 rings (SSSR count). The fourth-order valence-corrected chi connectivity index (χ4v) is 1.34. The number of benzene rings is 1. The maximum Gasteiger partial charge on any atom is 0.189 e. The molecule has 0 fully saturated rings. The Kier molecular flexibility index (Phi) is 3.25. The Balaban J connectivity index is 3.23. The Morgan fingerprint density at radius 2 is 2.31 bits per heavy atom. The van der Waals surface area contributed by atoms with Crippen LogP contribution in [0.2, 0.25) is 0 Å². The lowest BCUT2D eigenvalue weighted by Crippen LogP contribution is -1.98. The average molecular weight is 241 g/mol. The normalized spacial score (nSPS) is 9.38. The summed E-state index contributed by atoms with van der Waals surface area (Å²) in [5.74, 6) is 0.422. The van der Waals surface area contributed by atoms with E-state index in [0.717, 1.165) is 4.47 Å². The summed E-state index contributed by atoms with van der Waals surface area (Å²) >= 11 is 3.28. The van der Waals surface area contributed by atoms with E-state index < -0.39 is 0 Å². The van der Waals surface area contributed by atoms with E-state index in [-0.39, 0.29) is 5.78 Å². The number of carbonyl (C=O) groups is 1. The van der Waals surface area contributed by atoms with Crippen LogP contribution in [-0.4, -0.2) is 12.9 Å². The summed E-state index contributed by atoms with van der Waals surface area (Å²) in [5.41, 5.74) is 0.520. The Hall–Kier alpha value is -1.09. The Bertz CT molecular complexity index is 345. The number of hydrogen-bond acceptors (Lipinski definition) is 2. The highest BCUT2D eigenvalue weighted by atomic mass is 79.9. The number of carbonyl (C=O) groups excluding carboxylic acids is 1. The van der Waals surface area contributed by atoms with Crippen LogP contribution in [0.25, 0.3) is 0 Å². The molecule has 0 unspecified atom stereocenters. The van der Waals surface area contributed by atoms with Crippen LogP contribution in [0, 0.1) is 0 Å². The smallest absolute Gasteiger partial charge is 0.189 e. The summed E-state index contributed by atoms with van der Waals surface area (Å²) in [4.78, 5) is 11.3. The van der Waals surface area contributed by atoms with Crippen LogP contribution < -0.4 is 4.74 Å². The number of hydrogen-bond donors (Lipinski definition) is 0. The molecule has 0 spiro atoms. The van der Waals surface area contributed by atoms with Crippen LogP contribution in [0.3, 0.4) is 0 Å². The highest BCUT2D eigenvalue weighted by Crippen LogP contribution is 2.23. The molecule has 1 aromatic rings. The van der Waals surface area contributed by atoms with Crippen molar-refractivity contribution in [1.82, 2.24) is 0 Å². The predicted octanol–water partition coefficient (Wildman–Crippen LogP) is 2.83. The van der Waals surface area contributed by atoms with Gasteiger partial charge >= 0.3 is 0 Å². The number of methoxy groups -OCH3 is 1. The lowest BCUT2D eigenvalue weighted by Gasteiger charge is -2.05. The van der Waals surface area contributed by atoms with Gasteiger partial charge in [0.1, 0.15) is 5.75 Å². The number of ether oxygens (including phenoxy) is 1. The third-order valence-electron chi connectivity index (χ3n) is 1.61. The summed E-state index contributed by atoms with van der Waals surface area (Å²) in [7, 11) is 1.53. The van der Waals surface area contributed by atoms with E-state index in [1.807, 2.05) is 6.07 Å². The van der Waals surface area contributed by atoms with E-state index in [0.29, 0.717) is 11.3 Å². The zero-order valence-electron chi connectivity index (χ0n) is 7.21. The van der Waals surface area contributed by atoms with Crippen molar-refractivity contribution < 1.29 is 9.53 Å². The van der Waals surface area contributed by atoms with Gasteiger partial charge in [0.05, 0.1) is 12.7 Å². The SMILES string of the molecule is C=CC(=O)c1cc(Br)ccc1OC. The van der Waals surface area contributed by atoms with Gasteiger partial charge in [-0.3, -0.25) is 4.79 Å². The fraction of sp³-hybridized carbons (Fsp3) is 0.100. The standard InChI is InChI=1S/C10H9BrO2/c1-3-9(12)8-6-7(11)4-5-10(8)13-2/h3-6H,1H2,2H3. The first-order valence-electron chi connectivity index (χ1n) is 3.69. The highest BCUT2D eigenvalue weighted by Gasteiger charge is 2.08. The van der Waals surface area contributed by atoms with Gasteiger partial charge < -0.3 is 4.74 Å². The van der Waals surface area contributed by atoms with Crippen LogP contribution >= 0.6 is 15.9 Å². The monoisotopic (exact) mass is 240 g/mol.